The normalized spacial score (nSPS) is 11.8. The Labute approximate surface area is 134 Å². The molecule has 0 spiro atoms. The smallest absolute Gasteiger partial charge is 0.272 e. The van der Waals surface area contributed by atoms with Gasteiger partial charge in [0.1, 0.15) is 21.2 Å². The minimum absolute atomic E-state index is 0.00736. The van der Waals surface area contributed by atoms with Crippen LogP contribution in [0.15, 0.2) is 12.5 Å². The Kier molecular flexibility index (Phi) is 4.88. The lowest BCUT2D eigenvalue weighted by Crippen LogP contribution is -2.27. The zero-order valence-corrected chi connectivity index (χ0v) is 13.2. The maximum atomic E-state index is 12.2. The number of aromatic nitrogens is 3. The highest BCUT2D eigenvalue weighted by Crippen LogP contribution is 2.25. The van der Waals surface area contributed by atoms with Crippen LogP contribution in [0.3, 0.4) is 0 Å². The molecule has 0 aliphatic carbocycles. The van der Waals surface area contributed by atoms with Gasteiger partial charge in [0.2, 0.25) is 5.88 Å². The van der Waals surface area contributed by atoms with Gasteiger partial charge in [-0.25, -0.2) is 15.0 Å². The number of carbonyl (C=O) groups is 2. The minimum atomic E-state index is -0.564. The fourth-order valence-corrected chi connectivity index (χ4v) is 2.62. The molecule has 2 aromatic rings. The van der Waals surface area contributed by atoms with Crippen LogP contribution in [0.1, 0.15) is 38.1 Å². The number of nitrogens with two attached hydrogens (primary N) is 1. The third-order valence-corrected chi connectivity index (χ3v) is 4.19. The van der Waals surface area contributed by atoms with E-state index in [1.165, 1.54) is 19.6 Å². The van der Waals surface area contributed by atoms with Gasteiger partial charge in [0.15, 0.2) is 5.69 Å². The summed E-state index contributed by atoms with van der Waals surface area (Å²) in [4.78, 5) is 35.3. The average molecular weight is 342 g/mol. The summed E-state index contributed by atoms with van der Waals surface area (Å²) < 4.78 is 4.93. The summed E-state index contributed by atoms with van der Waals surface area (Å²) in [5, 5.41) is 3.24. The second-order valence-electron chi connectivity index (χ2n) is 4.17. The molecule has 0 radical (unpaired) electrons. The Morgan fingerprint density at radius 1 is 1.41 bits per heavy atom. The molecular weight excluding hydrogens is 330 g/mol. The first-order valence-corrected chi connectivity index (χ1v) is 7.24. The molecule has 0 saturated heterocycles. The molecule has 0 fully saturated rings. The summed E-state index contributed by atoms with van der Waals surface area (Å²) in [7, 11) is 1.39. The van der Waals surface area contributed by atoms with E-state index in [1.807, 2.05) is 0 Å². The highest BCUT2D eigenvalue weighted by atomic mass is 35.5. The van der Waals surface area contributed by atoms with Crippen LogP contribution < -0.4 is 15.8 Å². The van der Waals surface area contributed by atoms with E-state index in [9.17, 15) is 9.59 Å². The van der Waals surface area contributed by atoms with E-state index in [4.69, 9.17) is 22.1 Å². The van der Waals surface area contributed by atoms with E-state index in [1.54, 1.807) is 6.92 Å². The van der Waals surface area contributed by atoms with Crippen molar-refractivity contribution < 1.29 is 14.3 Å². The third-order valence-electron chi connectivity index (χ3n) is 2.65. The first-order valence-electron chi connectivity index (χ1n) is 6.05. The molecular formula is C12H12ClN5O3S. The van der Waals surface area contributed by atoms with Crippen LogP contribution in [0.5, 0.6) is 5.88 Å². The summed E-state index contributed by atoms with van der Waals surface area (Å²) in [5.41, 5.74) is 5.16. The second kappa shape index (κ2) is 6.67. The molecule has 2 aromatic heterocycles. The molecule has 10 heteroatoms. The summed E-state index contributed by atoms with van der Waals surface area (Å²) in [6.45, 7) is 1.72. The van der Waals surface area contributed by atoms with Crippen molar-refractivity contribution in [3.05, 3.63) is 33.1 Å². The Balaban J connectivity index is 2.15. The zero-order valence-electron chi connectivity index (χ0n) is 11.7. The predicted octanol–water partition coefficient (Wildman–Crippen LogP) is 1.19. The lowest BCUT2D eigenvalue weighted by Gasteiger charge is -2.12. The summed E-state index contributed by atoms with van der Waals surface area (Å²) in [5.74, 6) is -0.959. The number of carbonyl (C=O) groups excluding carboxylic acids is 2. The van der Waals surface area contributed by atoms with Crippen LogP contribution in [0, 0.1) is 0 Å². The summed E-state index contributed by atoms with van der Waals surface area (Å²) in [6.07, 6.45) is 2.55. The van der Waals surface area contributed by atoms with Gasteiger partial charge in [0.25, 0.3) is 11.8 Å². The van der Waals surface area contributed by atoms with Crippen molar-refractivity contribution in [3.63, 3.8) is 0 Å². The standard InChI is InChI=1S/C12H12ClN5O3S/c1-5(12-15-3-6(22-12)9(14)19)18-10(20)8-7(13)11(21-2)17-4-16-8/h3-5H,1-2H3,(H2,14,19)(H,18,20). The number of methoxy groups -OCH3 is 1. The first-order chi connectivity index (χ1) is 10.4. The maximum absolute atomic E-state index is 12.2. The number of primary amides is 1. The number of thiazole rings is 1. The Morgan fingerprint density at radius 2 is 2.14 bits per heavy atom. The van der Waals surface area contributed by atoms with Crippen molar-refractivity contribution in [2.45, 2.75) is 13.0 Å². The minimum Gasteiger partial charge on any atom is -0.480 e. The molecule has 2 heterocycles. The van der Waals surface area contributed by atoms with Crippen molar-refractivity contribution in [1.29, 1.82) is 0 Å². The molecule has 22 heavy (non-hydrogen) atoms. The maximum Gasteiger partial charge on any atom is 0.272 e. The fourth-order valence-electron chi connectivity index (χ4n) is 1.58. The Morgan fingerprint density at radius 3 is 2.73 bits per heavy atom. The molecule has 3 N–H and O–H groups in total. The highest BCUT2D eigenvalue weighted by Gasteiger charge is 2.21. The molecule has 0 aliphatic rings. The third kappa shape index (κ3) is 3.31. The van der Waals surface area contributed by atoms with Gasteiger partial charge in [-0.2, -0.15) is 0 Å². The summed E-state index contributed by atoms with van der Waals surface area (Å²) in [6, 6.07) is -0.442. The number of hydrogen-bond acceptors (Lipinski definition) is 7. The van der Waals surface area contributed by atoms with E-state index in [2.05, 4.69) is 20.3 Å². The van der Waals surface area contributed by atoms with Crippen molar-refractivity contribution in [2.75, 3.05) is 7.11 Å². The SMILES string of the molecule is COc1ncnc(C(=O)NC(C)c2ncc(C(N)=O)s2)c1Cl. The molecule has 0 saturated carbocycles. The Hall–Kier alpha value is -2.26. The number of nitrogens with zero attached hydrogens (tertiary/aromatic N) is 3. The number of rotatable bonds is 5. The highest BCUT2D eigenvalue weighted by molar-refractivity contribution is 7.13. The van der Waals surface area contributed by atoms with Crippen LogP contribution in [0.2, 0.25) is 5.02 Å². The topological polar surface area (TPSA) is 120 Å². The van der Waals surface area contributed by atoms with Crippen LogP contribution in [0.4, 0.5) is 0 Å². The van der Waals surface area contributed by atoms with Gasteiger partial charge in [-0.3, -0.25) is 9.59 Å². The number of amides is 2. The van der Waals surface area contributed by atoms with Gasteiger partial charge in [0.05, 0.1) is 19.3 Å². The second-order valence-corrected chi connectivity index (χ2v) is 5.61. The Bertz CT molecular complexity index is 721. The molecule has 8 nitrogen and oxygen atoms in total. The molecule has 0 aromatic carbocycles. The number of nitrogens with one attached hydrogen (secondary N) is 1. The van der Waals surface area contributed by atoms with Gasteiger partial charge in [0, 0.05) is 0 Å². The number of hydrogen-bond donors (Lipinski definition) is 2. The van der Waals surface area contributed by atoms with Crippen molar-refractivity contribution in [1.82, 2.24) is 20.3 Å². The molecule has 1 atom stereocenters. The van der Waals surface area contributed by atoms with Crippen LogP contribution in [-0.2, 0) is 0 Å². The lowest BCUT2D eigenvalue weighted by atomic mass is 10.3. The lowest BCUT2D eigenvalue weighted by molar-refractivity contribution is 0.0933. The molecule has 0 aliphatic heterocycles. The molecule has 2 amide bonds. The van der Waals surface area contributed by atoms with Gasteiger partial charge in [-0.1, -0.05) is 11.6 Å². The fraction of sp³-hybridized carbons (Fsp3) is 0.250. The van der Waals surface area contributed by atoms with E-state index >= 15 is 0 Å². The van der Waals surface area contributed by atoms with Crippen LogP contribution in [0.25, 0.3) is 0 Å². The average Bonchev–Trinajstić information content (AvgIpc) is 2.97. The van der Waals surface area contributed by atoms with Crippen molar-refractivity contribution in [2.24, 2.45) is 5.73 Å². The van der Waals surface area contributed by atoms with Crippen molar-refractivity contribution >= 4 is 34.8 Å². The number of ether oxygens (including phenoxy) is 1. The van der Waals surface area contributed by atoms with Gasteiger partial charge in [-0.05, 0) is 6.92 Å². The largest absolute Gasteiger partial charge is 0.480 e. The molecule has 2 rings (SSSR count). The van der Waals surface area contributed by atoms with Crippen LogP contribution >= 0.6 is 22.9 Å². The van der Waals surface area contributed by atoms with Crippen molar-refractivity contribution in [3.8, 4) is 5.88 Å². The molecule has 1 unspecified atom stereocenters. The van der Waals surface area contributed by atoms with Gasteiger partial charge >= 0.3 is 0 Å². The van der Waals surface area contributed by atoms with E-state index in [0.717, 1.165) is 11.3 Å². The zero-order chi connectivity index (χ0) is 16.3. The van der Waals surface area contributed by atoms with E-state index in [0.29, 0.717) is 9.88 Å². The molecule has 116 valence electrons. The molecule has 0 bridgehead atoms. The van der Waals surface area contributed by atoms with E-state index < -0.39 is 17.9 Å². The summed E-state index contributed by atoms with van der Waals surface area (Å²) >= 11 is 7.10. The number of halogens is 1. The van der Waals surface area contributed by atoms with Gasteiger partial charge < -0.3 is 15.8 Å². The predicted molar refractivity (Wildman–Crippen MR) is 80.1 cm³/mol. The van der Waals surface area contributed by atoms with Crippen LogP contribution in [-0.4, -0.2) is 33.9 Å². The monoisotopic (exact) mass is 341 g/mol. The van der Waals surface area contributed by atoms with E-state index in [-0.39, 0.29) is 16.6 Å². The first kappa shape index (κ1) is 16.1. The quantitative estimate of drug-likeness (QED) is 0.842. The van der Waals surface area contributed by atoms with Gasteiger partial charge in [-0.15, -0.1) is 11.3 Å².